The fraction of sp³-hybridized carbons (Fsp3) is 0.333. The van der Waals surface area contributed by atoms with Gasteiger partial charge in [0, 0.05) is 24.2 Å². The summed E-state index contributed by atoms with van der Waals surface area (Å²) in [5.41, 5.74) is 4.61. The second-order valence-electron chi connectivity index (χ2n) is 4.34. The SMILES string of the molecule is Clc1ccc(-n2ncc(CN[C@@H]3CNOC3)n2)cc1. The highest BCUT2D eigenvalue weighted by Crippen LogP contribution is 2.11. The van der Waals surface area contributed by atoms with Crippen LogP contribution in [0.25, 0.3) is 5.69 Å². The van der Waals surface area contributed by atoms with Gasteiger partial charge in [0.2, 0.25) is 0 Å². The minimum atomic E-state index is 0.320. The molecule has 2 N–H and O–H groups in total. The van der Waals surface area contributed by atoms with Crippen molar-refractivity contribution in [3.63, 3.8) is 0 Å². The van der Waals surface area contributed by atoms with Gasteiger partial charge in [-0.05, 0) is 24.3 Å². The molecule has 0 radical (unpaired) electrons. The Hall–Kier alpha value is -1.47. The predicted octanol–water partition coefficient (Wildman–Crippen LogP) is 0.914. The zero-order valence-corrected chi connectivity index (χ0v) is 11.0. The molecule has 0 amide bonds. The van der Waals surface area contributed by atoms with Gasteiger partial charge in [-0.3, -0.25) is 0 Å². The molecule has 1 aromatic carbocycles. The summed E-state index contributed by atoms with van der Waals surface area (Å²) in [5, 5.41) is 12.7. The highest BCUT2D eigenvalue weighted by atomic mass is 35.5. The van der Waals surface area contributed by atoms with Crippen molar-refractivity contribution >= 4 is 11.6 Å². The van der Waals surface area contributed by atoms with Crippen molar-refractivity contribution < 1.29 is 4.84 Å². The largest absolute Gasteiger partial charge is 0.305 e. The van der Waals surface area contributed by atoms with Crippen molar-refractivity contribution in [3.8, 4) is 5.69 Å². The second kappa shape index (κ2) is 5.66. The van der Waals surface area contributed by atoms with Crippen molar-refractivity contribution in [1.82, 2.24) is 25.8 Å². The summed E-state index contributed by atoms with van der Waals surface area (Å²) in [7, 11) is 0. The average molecular weight is 280 g/mol. The van der Waals surface area contributed by atoms with Crippen LogP contribution >= 0.6 is 11.6 Å². The van der Waals surface area contributed by atoms with E-state index in [0.717, 1.165) is 17.9 Å². The average Bonchev–Trinajstić information content (AvgIpc) is 3.09. The summed E-state index contributed by atoms with van der Waals surface area (Å²) < 4.78 is 0. The third-order valence-electron chi connectivity index (χ3n) is 2.89. The lowest BCUT2D eigenvalue weighted by Gasteiger charge is -2.06. The number of nitrogens with zero attached hydrogens (tertiary/aromatic N) is 3. The smallest absolute Gasteiger partial charge is 0.0969 e. The molecule has 1 aliphatic rings. The molecule has 3 rings (SSSR count). The molecule has 1 saturated heterocycles. The first-order valence-corrected chi connectivity index (χ1v) is 6.44. The molecule has 2 heterocycles. The van der Waals surface area contributed by atoms with E-state index in [1.54, 1.807) is 11.0 Å². The monoisotopic (exact) mass is 279 g/mol. The lowest BCUT2D eigenvalue weighted by atomic mass is 10.3. The van der Waals surface area contributed by atoms with Crippen LogP contribution in [0.2, 0.25) is 5.02 Å². The first-order chi connectivity index (χ1) is 9.31. The topological polar surface area (TPSA) is 64.0 Å². The fourth-order valence-corrected chi connectivity index (χ4v) is 1.96. The molecule has 1 fully saturated rings. The van der Waals surface area contributed by atoms with Gasteiger partial charge in [0.05, 0.1) is 24.2 Å². The molecule has 6 nitrogen and oxygen atoms in total. The van der Waals surface area contributed by atoms with Crippen LogP contribution in [-0.2, 0) is 11.4 Å². The third kappa shape index (κ3) is 3.10. The molecule has 0 bridgehead atoms. The van der Waals surface area contributed by atoms with Gasteiger partial charge in [-0.25, -0.2) is 5.48 Å². The van der Waals surface area contributed by atoms with E-state index >= 15 is 0 Å². The Balaban J connectivity index is 1.63. The van der Waals surface area contributed by atoms with Crippen molar-refractivity contribution in [2.75, 3.05) is 13.2 Å². The lowest BCUT2D eigenvalue weighted by molar-refractivity contribution is 0.0991. The molecule has 1 atom stereocenters. The van der Waals surface area contributed by atoms with Gasteiger partial charge in [0.25, 0.3) is 0 Å². The van der Waals surface area contributed by atoms with E-state index in [4.69, 9.17) is 16.4 Å². The molecular weight excluding hydrogens is 266 g/mol. The maximum atomic E-state index is 5.85. The molecule has 0 saturated carbocycles. The van der Waals surface area contributed by atoms with Crippen LogP contribution in [0.5, 0.6) is 0 Å². The summed E-state index contributed by atoms with van der Waals surface area (Å²) >= 11 is 5.85. The van der Waals surface area contributed by atoms with Crippen molar-refractivity contribution in [2.24, 2.45) is 0 Å². The Morgan fingerprint density at radius 3 is 3.00 bits per heavy atom. The van der Waals surface area contributed by atoms with E-state index in [1.165, 1.54) is 0 Å². The van der Waals surface area contributed by atoms with Crippen LogP contribution in [0.15, 0.2) is 30.5 Å². The maximum absolute atomic E-state index is 5.85. The molecule has 0 spiro atoms. The van der Waals surface area contributed by atoms with Crippen LogP contribution in [-0.4, -0.2) is 34.2 Å². The molecule has 1 aliphatic heterocycles. The van der Waals surface area contributed by atoms with Crippen LogP contribution < -0.4 is 10.8 Å². The van der Waals surface area contributed by atoms with Gasteiger partial charge in [-0.2, -0.15) is 15.0 Å². The Bertz CT molecular complexity index is 535. The van der Waals surface area contributed by atoms with Gasteiger partial charge in [0.1, 0.15) is 0 Å². The van der Waals surface area contributed by atoms with Gasteiger partial charge in [0.15, 0.2) is 0 Å². The van der Waals surface area contributed by atoms with E-state index in [-0.39, 0.29) is 0 Å². The number of hydrogen-bond donors (Lipinski definition) is 2. The summed E-state index contributed by atoms with van der Waals surface area (Å²) in [6.07, 6.45) is 1.75. The number of hydroxylamine groups is 1. The van der Waals surface area contributed by atoms with E-state index in [0.29, 0.717) is 24.2 Å². The molecular formula is C12H14ClN5O. The molecule has 7 heteroatoms. The highest BCUT2D eigenvalue weighted by molar-refractivity contribution is 6.30. The predicted molar refractivity (Wildman–Crippen MR) is 71.0 cm³/mol. The first kappa shape index (κ1) is 12.6. The van der Waals surface area contributed by atoms with Crippen molar-refractivity contribution in [3.05, 3.63) is 41.2 Å². The zero-order chi connectivity index (χ0) is 13.1. The minimum Gasteiger partial charge on any atom is -0.305 e. The third-order valence-corrected chi connectivity index (χ3v) is 3.14. The van der Waals surface area contributed by atoms with E-state index in [9.17, 15) is 0 Å². The molecule has 100 valence electrons. The number of halogens is 1. The number of benzene rings is 1. The van der Waals surface area contributed by atoms with Crippen LogP contribution in [0.3, 0.4) is 0 Å². The summed E-state index contributed by atoms with van der Waals surface area (Å²) in [4.78, 5) is 6.66. The molecule has 19 heavy (non-hydrogen) atoms. The summed E-state index contributed by atoms with van der Waals surface area (Å²) in [5.74, 6) is 0. The van der Waals surface area contributed by atoms with Crippen LogP contribution in [0.1, 0.15) is 5.69 Å². The molecule has 0 aliphatic carbocycles. The highest BCUT2D eigenvalue weighted by Gasteiger charge is 2.15. The normalized spacial score (nSPS) is 18.9. The van der Waals surface area contributed by atoms with Crippen molar-refractivity contribution in [1.29, 1.82) is 0 Å². The summed E-state index contributed by atoms with van der Waals surface area (Å²) in [6, 6.07) is 7.72. The number of rotatable bonds is 4. The van der Waals surface area contributed by atoms with Crippen LogP contribution in [0, 0.1) is 0 Å². The Kier molecular flexibility index (Phi) is 3.74. The van der Waals surface area contributed by atoms with E-state index in [1.807, 2.05) is 24.3 Å². The zero-order valence-electron chi connectivity index (χ0n) is 10.2. The Labute approximate surface area is 115 Å². The fourth-order valence-electron chi connectivity index (χ4n) is 1.83. The maximum Gasteiger partial charge on any atom is 0.0969 e. The molecule has 0 unspecified atom stereocenters. The Morgan fingerprint density at radius 1 is 1.42 bits per heavy atom. The lowest BCUT2D eigenvalue weighted by Crippen LogP contribution is -2.32. The molecule has 2 aromatic rings. The van der Waals surface area contributed by atoms with Crippen molar-refractivity contribution in [2.45, 2.75) is 12.6 Å². The van der Waals surface area contributed by atoms with Gasteiger partial charge < -0.3 is 10.2 Å². The Morgan fingerprint density at radius 2 is 2.26 bits per heavy atom. The second-order valence-corrected chi connectivity index (χ2v) is 4.78. The first-order valence-electron chi connectivity index (χ1n) is 6.06. The molecule has 1 aromatic heterocycles. The van der Waals surface area contributed by atoms with E-state index < -0.39 is 0 Å². The standard InChI is InChI=1S/C12H14ClN5O/c13-9-1-3-12(4-2-9)18-15-6-10(17-18)5-14-11-7-16-19-8-11/h1-4,6,11,14,16H,5,7-8H2/t11-/m1/s1. The minimum absolute atomic E-state index is 0.320. The quantitative estimate of drug-likeness (QED) is 0.871. The number of hydrogen-bond acceptors (Lipinski definition) is 5. The van der Waals surface area contributed by atoms with Gasteiger partial charge >= 0.3 is 0 Å². The van der Waals surface area contributed by atoms with E-state index in [2.05, 4.69) is 21.0 Å². The van der Waals surface area contributed by atoms with Gasteiger partial charge in [-0.15, -0.1) is 0 Å². The van der Waals surface area contributed by atoms with Gasteiger partial charge in [-0.1, -0.05) is 11.6 Å². The summed E-state index contributed by atoms with van der Waals surface area (Å²) in [6.45, 7) is 2.15. The number of nitrogens with one attached hydrogen (secondary N) is 2. The number of aromatic nitrogens is 3. The van der Waals surface area contributed by atoms with Crippen LogP contribution in [0.4, 0.5) is 0 Å².